The maximum absolute atomic E-state index is 11.2. The van der Waals surface area contributed by atoms with Gasteiger partial charge in [-0.2, -0.15) is 0 Å². The summed E-state index contributed by atoms with van der Waals surface area (Å²) in [6.45, 7) is 2.56. The summed E-state index contributed by atoms with van der Waals surface area (Å²) in [5.41, 5.74) is 0.736. The van der Waals surface area contributed by atoms with Gasteiger partial charge >= 0.3 is 11.9 Å². The van der Waals surface area contributed by atoms with E-state index in [2.05, 4.69) is 10.2 Å². The van der Waals surface area contributed by atoms with E-state index in [4.69, 9.17) is 9.47 Å². The Hall–Kier alpha value is -1.93. The van der Waals surface area contributed by atoms with Crippen LogP contribution in [-0.4, -0.2) is 28.4 Å². The van der Waals surface area contributed by atoms with E-state index >= 15 is 0 Å². The monoisotopic (exact) mass is 324 g/mol. The fraction of sp³-hybridized carbons (Fsp3) is 0.231. The molecule has 0 unspecified atom stereocenters. The van der Waals surface area contributed by atoms with Gasteiger partial charge in [-0.05, 0) is 24.5 Å². The lowest BCUT2D eigenvalue weighted by atomic mass is 10.2. The molecule has 0 amide bonds. The zero-order valence-electron chi connectivity index (χ0n) is 11.6. The number of hydrogen-bond acceptors (Lipinski definition) is 8. The van der Waals surface area contributed by atoms with Gasteiger partial charge in [0.15, 0.2) is 15.8 Å². The third-order valence-electron chi connectivity index (χ3n) is 2.28. The van der Waals surface area contributed by atoms with E-state index in [1.54, 1.807) is 18.2 Å². The van der Waals surface area contributed by atoms with Crippen molar-refractivity contribution in [2.75, 3.05) is 6.26 Å². The van der Waals surface area contributed by atoms with Gasteiger partial charge in [0.25, 0.3) is 0 Å². The van der Waals surface area contributed by atoms with Gasteiger partial charge in [-0.25, -0.2) is 0 Å². The zero-order valence-corrected chi connectivity index (χ0v) is 13.2. The van der Waals surface area contributed by atoms with Crippen molar-refractivity contribution in [1.82, 2.24) is 10.2 Å². The molecule has 0 fully saturated rings. The van der Waals surface area contributed by atoms with Crippen LogP contribution >= 0.6 is 23.1 Å². The van der Waals surface area contributed by atoms with Crippen LogP contribution in [0, 0.1) is 0 Å². The molecule has 0 bridgehead atoms. The van der Waals surface area contributed by atoms with Crippen molar-refractivity contribution in [3.8, 4) is 22.1 Å². The number of rotatable bonds is 4. The predicted molar refractivity (Wildman–Crippen MR) is 79.7 cm³/mol. The molecule has 1 aromatic carbocycles. The number of nitrogens with zero attached hydrogens (tertiary/aromatic N) is 2. The van der Waals surface area contributed by atoms with Gasteiger partial charge in [-0.3, -0.25) is 9.59 Å². The molecule has 0 saturated carbocycles. The number of hydrogen-bond donors (Lipinski definition) is 0. The van der Waals surface area contributed by atoms with Gasteiger partial charge in [0, 0.05) is 19.4 Å². The van der Waals surface area contributed by atoms with E-state index in [9.17, 15) is 9.59 Å². The molecule has 110 valence electrons. The highest BCUT2D eigenvalue weighted by Gasteiger charge is 2.14. The molecule has 1 aromatic heterocycles. The minimum atomic E-state index is -0.498. The zero-order chi connectivity index (χ0) is 15.4. The summed E-state index contributed by atoms with van der Waals surface area (Å²) in [6.07, 6.45) is 1.92. The molecule has 0 saturated heterocycles. The Morgan fingerprint density at radius 1 is 1.10 bits per heavy atom. The van der Waals surface area contributed by atoms with E-state index in [0.29, 0.717) is 5.01 Å². The summed E-state index contributed by atoms with van der Waals surface area (Å²) in [7, 11) is 0. The van der Waals surface area contributed by atoms with Crippen LogP contribution in [0.25, 0.3) is 10.6 Å². The van der Waals surface area contributed by atoms with E-state index in [1.807, 2.05) is 6.26 Å². The first-order valence-corrected chi connectivity index (χ1v) is 7.92. The Balaban J connectivity index is 2.39. The standard InChI is InChI=1S/C13H12N2O4S2/c1-7(16)18-10-5-4-9(6-11(10)19-8(2)17)12-14-15-13(20-3)21-12/h4-6H,1-3H3. The molecule has 0 radical (unpaired) electrons. The molecule has 21 heavy (non-hydrogen) atoms. The molecule has 8 heteroatoms. The van der Waals surface area contributed by atoms with E-state index in [-0.39, 0.29) is 11.5 Å². The second-order valence-electron chi connectivity index (χ2n) is 3.93. The Bertz CT molecular complexity index is 685. The molecule has 2 aromatic rings. The second-order valence-corrected chi connectivity index (χ2v) is 5.96. The van der Waals surface area contributed by atoms with E-state index < -0.39 is 11.9 Å². The quantitative estimate of drug-likeness (QED) is 0.486. The average molecular weight is 324 g/mol. The molecule has 2 rings (SSSR count). The number of carbonyl (C=O) groups is 2. The number of carbonyl (C=O) groups excluding carboxylic acids is 2. The Labute approximate surface area is 129 Å². The molecule has 0 atom stereocenters. The molecule has 1 heterocycles. The maximum atomic E-state index is 11.2. The van der Waals surface area contributed by atoms with Crippen molar-refractivity contribution in [3.05, 3.63) is 18.2 Å². The predicted octanol–water partition coefficient (Wildman–Crippen LogP) is 2.78. The van der Waals surface area contributed by atoms with Crippen LogP contribution in [-0.2, 0) is 9.59 Å². The third-order valence-corrected chi connectivity index (χ3v) is 4.23. The number of esters is 2. The van der Waals surface area contributed by atoms with Gasteiger partial charge in [0.1, 0.15) is 5.01 Å². The summed E-state index contributed by atoms with van der Waals surface area (Å²) in [5, 5.41) is 8.77. The molecular weight excluding hydrogens is 312 g/mol. The fourth-order valence-corrected chi connectivity index (χ4v) is 2.79. The highest BCUT2D eigenvalue weighted by atomic mass is 32.2. The first-order valence-electron chi connectivity index (χ1n) is 5.88. The fourth-order valence-electron chi connectivity index (χ4n) is 1.52. The summed E-state index contributed by atoms with van der Waals surface area (Å²) < 4.78 is 10.9. The van der Waals surface area contributed by atoms with Crippen LogP contribution in [0.5, 0.6) is 11.5 Å². The average Bonchev–Trinajstić information content (AvgIpc) is 2.88. The number of thioether (sulfide) groups is 1. The van der Waals surface area contributed by atoms with Crippen molar-refractivity contribution in [2.24, 2.45) is 0 Å². The number of benzene rings is 1. The van der Waals surface area contributed by atoms with Gasteiger partial charge in [0.05, 0.1) is 0 Å². The third kappa shape index (κ3) is 4.02. The largest absolute Gasteiger partial charge is 0.423 e. The number of ether oxygens (including phenoxy) is 2. The van der Waals surface area contributed by atoms with Gasteiger partial charge in [-0.15, -0.1) is 10.2 Å². The minimum absolute atomic E-state index is 0.177. The topological polar surface area (TPSA) is 78.4 Å². The van der Waals surface area contributed by atoms with Crippen LogP contribution in [0.15, 0.2) is 22.5 Å². The smallest absolute Gasteiger partial charge is 0.308 e. The molecular formula is C13H12N2O4S2. The van der Waals surface area contributed by atoms with Crippen LogP contribution in [0.4, 0.5) is 0 Å². The second kappa shape index (κ2) is 6.68. The molecule has 0 aliphatic heterocycles. The van der Waals surface area contributed by atoms with Crippen molar-refractivity contribution in [2.45, 2.75) is 18.2 Å². The number of aromatic nitrogens is 2. The lowest BCUT2D eigenvalue weighted by Gasteiger charge is -2.09. The van der Waals surface area contributed by atoms with Crippen LogP contribution < -0.4 is 9.47 Å². The lowest BCUT2D eigenvalue weighted by molar-refractivity contribution is -0.134. The molecule has 6 nitrogen and oxygen atoms in total. The SMILES string of the molecule is CSc1nnc(-c2ccc(OC(C)=O)c(OC(C)=O)c2)s1. The summed E-state index contributed by atoms with van der Waals surface area (Å²) in [5.74, 6) is -0.619. The molecule has 0 N–H and O–H groups in total. The van der Waals surface area contributed by atoms with Crippen molar-refractivity contribution in [1.29, 1.82) is 0 Å². The van der Waals surface area contributed by atoms with E-state index in [1.165, 1.54) is 36.9 Å². The minimum Gasteiger partial charge on any atom is -0.423 e. The first-order chi connectivity index (χ1) is 9.99. The van der Waals surface area contributed by atoms with Gasteiger partial charge in [-0.1, -0.05) is 23.1 Å². The molecule has 0 aliphatic rings. The van der Waals surface area contributed by atoms with Crippen molar-refractivity contribution in [3.63, 3.8) is 0 Å². The Morgan fingerprint density at radius 3 is 2.33 bits per heavy atom. The molecule has 0 aliphatic carbocycles. The van der Waals surface area contributed by atoms with Crippen molar-refractivity contribution >= 4 is 35.0 Å². The van der Waals surface area contributed by atoms with Crippen LogP contribution in [0.2, 0.25) is 0 Å². The molecule has 0 spiro atoms. The Morgan fingerprint density at radius 2 is 1.76 bits per heavy atom. The summed E-state index contributed by atoms with van der Waals surface area (Å²) >= 11 is 2.93. The van der Waals surface area contributed by atoms with E-state index in [0.717, 1.165) is 9.90 Å². The van der Waals surface area contributed by atoms with Crippen molar-refractivity contribution < 1.29 is 19.1 Å². The van der Waals surface area contributed by atoms with Gasteiger partial charge in [0.2, 0.25) is 0 Å². The van der Waals surface area contributed by atoms with Crippen LogP contribution in [0.3, 0.4) is 0 Å². The highest BCUT2D eigenvalue weighted by Crippen LogP contribution is 2.35. The lowest BCUT2D eigenvalue weighted by Crippen LogP contribution is -2.07. The van der Waals surface area contributed by atoms with Crippen LogP contribution in [0.1, 0.15) is 13.8 Å². The summed E-state index contributed by atoms with van der Waals surface area (Å²) in [4.78, 5) is 22.2. The van der Waals surface area contributed by atoms with Gasteiger partial charge < -0.3 is 9.47 Å². The highest BCUT2D eigenvalue weighted by molar-refractivity contribution is 8.00. The first kappa shape index (κ1) is 15.5. The maximum Gasteiger partial charge on any atom is 0.308 e. The Kier molecular flexibility index (Phi) is 4.92. The normalized spacial score (nSPS) is 10.2. The summed E-state index contributed by atoms with van der Waals surface area (Å²) in [6, 6.07) is 4.90.